The second-order valence-electron chi connectivity index (χ2n) is 6.06. The fourth-order valence-corrected chi connectivity index (χ4v) is 2.77. The van der Waals surface area contributed by atoms with Crippen LogP contribution in [0.4, 0.5) is 5.69 Å². The molecule has 1 aromatic carbocycles. The van der Waals surface area contributed by atoms with Crippen LogP contribution in [-0.2, 0) is 14.3 Å². The van der Waals surface area contributed by atoms with Crippen LogP contribution in [0.2, 0.25) is 0 Å². The van der Waals surface area contributed by atoms with E-state index in [0.29, 0.717) is 13.2 Å². The lowest BCUT2D eigenvalue weighted by Gasteiger charge is -2.24. The SMILES string of the molecule is COC[C@@H](C)N1C[C@@H](C(=O)Nc2cc(C)ccc2C)CC1=O. The predicted molar refractivity (Wildman–Crippen MR) is 85.7 cm³/mol. The number of nitrogens with zero attached hydrogens (tertiary/aromatic N) is 1. The van der Waals surface area contributed by atoms with Crippen molar-refractivity contribution in [2.75, 3.05) is 25.6 Å². The van der Waals surface area contributed by atoms with Gasteiger partial charge in [0.15, 0.2) is 0 Å². The smallest absolute Gasteiger partial charge is 0.229 e. The molecule has 0 radical (unpaired) electrons. The van der Waals surface area contributed by atoms with E-state index in [4.69, 9.17) is 4.74 Å². The first-order chi connectivity index (χ1) is 10.4. The molecule has 1 aliphatic heterocycles. The summed E-state index contributed by atoms with van der Waals surface area (Å²) in [6.07, 6.45) is 0.269. The zero-order valence-electron chi connectivity index (χ0n) is 13.7. The second kappa shape index (κ2) is 6.92. The minimum absolute atomic E-state index is 0.00370. The van der Waals surface area contributed by atoms with Gasteiger partial charge in [-0.25, -0.2) is 0 Å². The zero-order chi connectivity index (χ0) is 16.3. The van der Waals surface area contributed by atoms with E-state index in [2.05, 4.69) is 5.32 Å². The first-order valence-corrected chi connectivity index (χ1v) is 7.59. The van der Waals surface area contributed by atoms with Gasteiger partial charge in [0.05, 0.1) is 18.6 Å². The molecule has 1 heterocycles. The van der Waals surface area contributed by atoms with Crippen molar-refractivity contribution in [3.63, 3.8) is 0 Å². The maximum atomic E-state index is 12.4. The molecule has 120 valence electrons. The van der Waals surface area contributed by atoms with Crippen molar-refractivity contribution in [3.05, 3.63) is 29.3 Å². The number of anilines is 1. The second-order valence-corrected chi connectivity index (χ2v) is 6.06. The number of rotatable bonds is 5. The predicted octanol–water partition coefficient (Wildman–Crippen LogP) is 2.13. The number of aryl methyl sites for hydroxylation is 2. The van der Waals surface area contributed by atoms with Crippen LogP contribution in [-0.4, -0.2) is 43.0 Å². The minimum atomic E-state index is -0.299. The Balaban J connectivity index is 2.02. The van der Waals surface area contributed by atoms with Gasteiger partial charge in [0.1, 0.15) is 0 Å². The van der Waals surface area contributed by atoms with E-state index in [9.17, 15) is 9.59 Å². The molecule has 1 aliphatic rings. The van der Waals surface area contributed by atoms with Crippen molar-refractivity contribution in [2.24, 2.45) is 5.92 Å². The van der Waals surface area contributed by atoms with E-state index in [1.807, 2.05) is 39.0 Å². The molecule has 0 bridgehead atoms. The Morgan fingerprint density at radius 1 is 1.45 bits per heavy atom. The van der Waals surface area contributed by atoms with Crippen LogP contribution in [0.3, 0.4) is 0 Å². The fourth-order valence-electron chi connectivity index (χ4n) is 2.77. The number of ether oxygens (including phenoxy) is 1. The highest BCUT2D eigenvalue weighted by molar-refractivity contribution is 5.97. The molecule has 5 nitrogen and oxygen atoms in total. The molecule has 0 saturated carbocycles. The fraction of sp³-hybridized carbons (Fsp3) is 0.529. The largest absolute Gasteiger partial charge is 0.383 e. The summed E-state index contributed by atoms with van der Waals surface area (Å²) in [6.45, 7) is 6.83. The van der Waals surface area contributed by atoms with Crippen LogP contribution in [0.1, 0.15) is 24.5 Å². The Labute approximate surface area is 131 Å². The molecular formula is C17H24N2O3. The van der Waals surface area contributed by atoms with Gasteiger partial charge in [-0.1, -0.05) is 12.1 Å². The maximum absolute atomic E-state index is 12.4. The van der Waals surface area contributed by atoms with Gasteiger partial charge in [-0.15, -0.1) is 0 Å². The number of carbonyl (C=O) groups is 2. The van der Waals surface area contributed by atoms with Crippen LogP contribution < -0.4 is 5.32 Å². The van der Waals surface area contributed by atoms with E-state index in [1.54, 1.807) is 12.0 Å². The standard InChI is InChI=1S/C17H24N2O3/c1-11-5-6-12(2)15(7-11)18-17(21)14-8-16(20)19(9-14)13(3)10-22-4/h5-7,13-14H,8-10H2,1-4H3,(H,18,21)/t13-,14+/m1/s1. The number of hydrogen-bond donors (Lipinski definition) is 1. The summed E-state index contributed by atoms with van der Waals surface area (Å²) in [4.78, 5) is 26.2. The van der Waals surface area contributed by atoms with Crippen LogP contribution in [0.5, 0.6) is 0 Å². The summed E-state index contributed by atoms with van der Waals surface area (Å²) in [5.74, 6) is -0.369. The molecule has 2 rings (SSSR count). The Bertz CT molecular complexity index is 571. The van der Waals surface area contributed by atoms with E-state index < -0.39 is 0 Å². The first kappa shape index (κ1) is 16.5. The van der Waals surface area contributed by atoms with Crippen LogP contribution in [0.15, 0.2) is 18.2 Å². The maximum Gasteiger partial charge on any atom is 0.229 e. The van der Waals surface area contributed by atoms with Gasteiger partial charge in [-0.3, -0.25) is 9.59 Å². The summed E-state index contributed by atoms with van der Waals surface area (Å²) >= 11 is 0. The molecule has 1 N–H and O–H groups in total. The van der Waals surface area contributed by atoms with Gasteiger partial charge < -0.3 is 15.0 Å². The van der Waals surface area contributed by atoms with E-state index in [0.717, 1.165) is 16.8 Å². The number of carbonyl (C=O) groups excluding carboxylic acids is 2. The lowest BCUT2D eigenvalue weighted by atomic mass is 10.1. The molecule has 0 unspecified atom stereocenters. The number of likely N-dealkylation sites (tertiary alicyclic amines) is 1. The first-order valence-electron chi connectivity index (χ1n) is 7.59. The van der Waals surface area contributed by atoms with Crippen molar-refractivity contribution < 1.29 is 14.3 Å². The molecule has 1 fully saturated rings. The highest BCUT2D eigenvalue weighted by Gasteiger charge is 2.36. The number of amides is 2. The number of methoxy groups -OCH3 is 1. The number of benzene rings is 1. The van der Waals surface area contributed by atoms with Crippen LogP contribution in [0.25, 0.3) is 0 Å². The Morgan fingerprint density at radius 3 is 2.86 bits per heavy atom. The molecule has 2 atom stereocenters. The Kier molecular flexibility index (Phi) is 5.19. The van der Waals surface area contributed by atoms with Crippen molar-refractivity contribution in [2.45, 2.75) is 33.2 Å². The zero-order valence-corrected chi connectivity index (χ0v) is 13.7. The molecule has 5 heteroatoms. The molecule has 1 aromatic rings. The molecular weight excluding hydrogens is 280 g/mol. The van der Waals surface area contributed by atoms with Crippen molar-refractivity contribution in [3.8, 4) is 0 Å². The summed E-state index contributed by atoms with van der Waals surface area (Å²) in [5, 5.41) is 2.96. The van der Waals surface area contributed by atoms with Gasteiger partial charge in [0.2, 0.25) is 11.8 Å². The van der Waals surface area contributed by atoms with Gasteiger partial charge in [-0.05, 0) is 38.0 Å². The lowest BCUT2D eigenvalue weighted by molar-refractivity contribution is -0.130. The van der Waals surface area contributed by atoms with Crippen molar-refractivity contribution >= 4 is 17.5 Å². The Hall–Kier alpha value is -1.88. The normalized spacial score (nSPS) is 19.4. The van der Waals surface area contributed by atoms with E-state index >= 15 is 0 Å². The molecule has 1 saturated heterocycles. The summed E-state index contributed by atoms with van der Waals surface area (Å²) < 4.78 is 5.09. The van der Waals surface area contributed by atoms with Gasteiger partial charge in [0, 0.05) is 25.8 Å². The van der Waals surface area contributed by atoms with Crippen molar-refractivity contribution in [1.82, 2.24) is 4.90 Å². The summed E-state index contributed by atoms with van der Waals surface area (Å²) in [6, 6.07) is 5.95. The third kappa shape index (κ3) is 3.65. The average molecular weight is 304 g/mol. The lowest BCUT2D eigenvalue weighted by Crippen LogP contribution is -2.38. The molecule has 0 spiro atoms. The Morgan fingerprint density at radius 2 is 2.18 bits per heavy atom. The van der Waals surface area contributed by atoms with Gasteiger partial charge >= 0.3 is 0 Å². The van der Waals surface area contributed by atoms with E-state index in [1.165, 1.54) is 0 Å². The quantitative estimate of drug-likeness (QED) is 0.906. The summed E-state index contributed by atoms with van der Waals surface area (Å²) in [7, 11) is 1.61. The molecule has 0 aliphatic carbocycles. The highest BCUT2D eigenvalue weighted by atomic mass is 16.5. The van der Waals surface area contributed by atoms with Gasteiger partial charge in [0.25, 0.3) is 0 Å². The third-order valence-corrected chi connectivity index (χ3v) is 4.12. The van der Waals surface area contributed by atoms with Crippen LogP contribution in [0, 0.1) is 19.8 Å². The number of hydrogen-bond acceptors (Lipinski definition) is 3. The minimum Gasteiger partial charge on any atom is -0.383 e. The van der Waals surface area contributed by atoms with Crippen molar-refractivity contribution in [1.29, 1.82) is 0 Å². The average Bonchev–Trinajstić information content (AvgIpc) is 2.85. The summed E-state index contributed by atoms with van der Waals surface area (Å²) in [5.41, 5.74) is 2.94. The molecule has 2 amide bonds. The van der Waals surface area contributed by atoms with E-state index in [-0.39, 0.29) is 30.2 Å². The van der Waals surface area contributed by atoms with Crippen LogP contribution >= 0.6 is 0 Å². The topological polar surface area (TPSA) is 58.6 Å². The third-order valence-electron chi connectivity index (χ3n) is 4.12. The number of nitrogens with one attached hydrogen (secondary N) is 1. The highest BCUT2D eigenvalue weighted by Crippen LogP contribution is 2.23. The molecule has 22 heavy (non-hydrogen) atoms. The molecule has 0 aromatic heterocycles. The van der Waals surface area contributed by atoms with Gasteiger partial charge in [-0.2, -0.15) is 0 Å². The monoisotopic (exact) mass is 304 g/mol.